The number of carbonyl (C=O) groups is 3. The molecule has 0 aliphatic carbocycles. The highest BCUT2D eigenvalue weighted by atomic mass is 16.4. The third-order valence-corrected chi connectivity index (χ3v) is 3.65. The van der Waals surface area contributed by atoms with Crippen LogP contribution >= 0.6 is 0 Å². The molecule has 0 aliphatic rings. The average molecular weight is 331 g/mol. The highest BCUT2D eigenvalue weighted by molar-refractivity contribution is 5.91. The predicted molar refractivity (Wildman–Crippen MR) is 85.5 cm³/mol. The van der Waals surface area contributed by atoms with Gasteiger partial charge in [-0.2, -0.15) is 0 Å². The topological polar surface area (TPSA) is 142 Å². The number of hydrogen-bond donors (Lipinski definition) is 5. The third-order valence-electron chi connectivity index (χ3n) is 3.65. The molecule has 6 N–H and O–H groups in total. The maximum atomic E-state index is 12.4. The van der Waals surface area contributed by atoms with Gasteiger partial charge in [0.1, 0.15) is 18.1 Å². The molecule has 0 bridgehead atoms. The number of aliphatic hydroxyl groups excluding tert-OH is 1. The van der Waals surface area contributed by atoms with Gasteiger partial charge in [0, 0.05) is 0 Å². The number of aliphatic carboxylic acids is 1. The van der Waals surface area contributed by atoms with Crippen LogP contribution in [0.15, 0.2) is 0 Å². The van der Waals surface area contributed by atoms with Crippen LogP contribution in [0.25, 0.3) is 0 Å². The molecule has 8 heteroatoms. The van der Waals surface area contributed by atoms with E-state index in [-0.39, 0.29) is 11.8 Å². The Labute approximate surface area is 136 Å². The molecule has 2 amide bonds. The lowest BCUT2D eigenvalue weighted by molar-refractivity contribution is -0.143. The van der Waals surface area contributed by atoms with Crippen molar-refractivity contribution in [2.45, 2.75) is 58.7 Å². The van der Waals surface area contributed by atoms with Crippen molar-refractivity contribution >= 4 is 17.8 Å². The summed E-state index contributed by atoms with van der Waals surface area (Å²) in [5, 5.41) is 23.1. The first-order chi connectivity index (χ1) is 10.6. The lowest BCUT2D eigenvalue weighted by atomic mass is 9.96. The highest BCUT2D eigenvalue weighted by Crippen LogP contribution is 2.11. The van der Waals surface area contributed by atoms with Crippen LogP contribution in [-0.2, 0) is 14.4 Å². The lowest BCUT2D eigenvalue weighted by Crippen LogP contribution is -2.57. The van der Waals surface area contributed by atoms with Gasteiger partial charge in [0.15, 0.2) is 0 Å². The summed E-state index contributed by atoms with van der Waals surface area (Å²) in [6.45, 7) is 6.80. The second-order valence-electron chi connectivity index (χ2n) is 6.19. The second-order valence-corrected chi connectivity index (χ2v) is 6.19. The summed E-state index contributed by atoms with van der Waals surface area (Å²) < 4.78 is 0. The smallest absolute Gasteiger partial charge is 0.326 e. The molecule has 0 saturated heterocycles. The van der Waals surface area contributed by atoms with E-state index >= 15 is 0 Å². The van der Waals surface area contributed by atoms with E-state index < -0.39 is 42.5 Å². The average Bonchev–Trinajstić information content (AvgIpc) is 2.49. The van der Waals surface area contributed by atoms with Crippen molar-refractivity contribution in [2.75, 3.05) is 6.61 Å². The van der Waals surface area contributed by atoms with Gasteiger partial charge in [0.25, 0.3) is 0 Å². The highest BCUT2D eigenvalue weighted by Gasteiger charge is 2.31. The minimum Gasteiger partial charge on any atom is -0.480 e. The molecule has 134 valence electrons. The third kappa shape index (κ3) is 7.43. The zero-order chi connectivity index (χ0) is 18.2. The molecule has 23 heavy (non-hydrogen) atoms. The molecule has 0 rings (SSSR count). The Kier molecular flexibility index (Phi) is 9.43. The number of carbonyl (C=O) groups excluding carboxylic acids is 2. The Morgan fingerprint density at radius 2 is 1.65 bits per heavy atom. The van der Waals surface area contributed by atoms with Crippen LogP contribution < -0.4 is 16.4 Å². The lowest BCUT2D eigenvalue weighted by Gasteiger charge is -2.26. The first-order valence-electron chi connectivity index (χ1n) is 7.83. The van der Waals surface area contributed by atoms with Crippen molar-refractivity contribution in [3.8, 4) is 0 Å². The van der Waals surface area contributed by atoms with Crippen LogP contribution in [0.5, 0.6) is 0 Å². The number of amides is 2. The van der Waals surface area contributed by atoms with E-state index in [9.17, 15) is 19.5 Å². The van der Waals surface area contributed by atoms with Crippen LogP contribution in [0.2, 0.25) is 0 Å². The Balaban J connectivity index is 5.05. The zero-order valence-electron chi connectivity index (χ0n) is 14.2. The molecular formula is C15H29N3O5. The van der Waals surface area contributed by atoms with Crippen LogP contribution in [0.1, 0.15) is 40.5 Å². The molecule has 0 aromatic rings. The molecule has 8 nitrogen and oxygen atoms in total. The first-order valence-corrected chi connectivity index (χ1v) is 7.83. The molecule has 0 saturated carbocycles. The van der Waals surface area contributed by atoms with E-state index in [0.29, 0.717) is 12.8 Å². The fourth-order valence-electron chi connectivity index (χ4n) is 2.00. The molecule has 0 aliphatic heterocycles. The summed E-state index contributed by atoms with van der Waals surface area (Å²) in [5.74, 6) is -2.45. The van der Waals surface area contributed by atoms with E-state index in [1.54, 1.807) is 6.92 Å². The number of hydrogen-bond acceptors (Lipinski definition) is 5. The number of nitrogens with two attached hydrogens (primary N) is 1. The normalized spacial score (nSPS) is 16.3. The number of aliphatic hydroxyl groups is 1. The molecule has 0 radical (unpaired) electrons. The van der Waals surface area contributed by atoms with E-state index in [0.717, 1.165) is 0 Å². The van der Waals surface area contributed by atoms with Crippen LogP contribution in [0.4, 0.5) is 0 Å². The molecule has 4 atom stereocenters. The van der Waals surface area contributed by atoms with E-state index in [1.165, 1.54) is 0 Å². The quantitative estimate of drug-likeness (QED) is 0.364. The maximum Gasteiger partial charge on any atom is 0.326 e. The molecule has 0 fully saturated rings. The Hall–Kier alpha value is -1.67. The van der Waals surface area contributed by atoms with E-state index in [2.05, 4.69) is 10.6 Å². The van der Waals surface area contributed by atoms with Gasteiger partial charge < -0.3 is 26.6 Å². The van der Waals surface area contributed by atoms with Gasteiger partial charge in [-0.05, 0) is 18.3 Å². The number of carboxylic acid groups (broad SMARTS) is 1. The van der Waals surface area contributed by atoms with Crippen molar-refractivity contribution in [3.05, 3.63) is 0 Å². The molecule has 4 unspecified atom stereocenters. The summed E-state index contributed by atoms with van der Waals surface area (Å²) in [6.07, 6.45) is 0.896. The SMILES string of the molecule is CCC(C)C(NC(=O)C(N)CO)C(=O)NC(CC(C)C)C(=O)O. The molecule has 0 aromatic carbocycles. The minimum atomic E-state index is -1.12. The van der Waals surface area contributed by atoms with Crippen molar-refractivity contribution in [2.24, 2.45) is 17.6 Å². The Morgan fingerprint density at radius 3 is 2.04 bits per heavy atom. The summed E-state index contributed by atoms with van der Waals surface area (Å²) >= 11 is 0. The van der Waals surface area contributed by atoms with Gasteiger partial charge in [-0.1, -0.05) is 34.1 Å². The largest absolute Gasteiger partial charge is 0.480 e. The minimum absolute atomic E-state index is 0.0934. The molecule has 0 aromatic heterocycles. The van der Waals surface area contributed by atoms with Crippen molar-refractivity contribution in [3.63, 3.8) is 0 Å². The Morgan fingerprint density at radius 1 is 1.09 bits per heavy atom. The van der Waals surface area contributed by atoms with E-state index in [1.807, 2.05) is 20.8 Å². The van der Waals surface area contributed by atoms with Gasteiger partial charge in [0.2, 0.25) is 11.8 Å². The van der Waals surface area contributed by atoms with Gasteiger partial charge in [-0.25, -0.2) is 4.79 Å². The van der Waals surface area contributed by atoms with Gasteiger partial charge in [-0.15, -0.1) is 0 Å². The van der Waals surface area contributed by atoms with E-state index in [4.69, 9.17) is 10.8 Å². The van der Waals surface area contributed by atoms with Gasteiger partial charge >= 0.3 is 5.97 Å². The van der Waals surface area contributed by atoms with Crippen LogP contribution in [0, 0.1) is 11.8 Å². The summed E-state index contributed by atoms with van der Waals surface area (Å²) in [5.41, 5.74) is 5.43. The van der Waals surface area contributed by atoms with Crippen LogP contribution in [-0.4, -0.2) is 52.7 Å². The monoisotopic (exact) mass is 331 g/mol. The van der Waals surface area contributed by atoms with Gasteiger partial charge in [-0.3, -0.25) is 9.59 Å². The zero-order valence-corrected chi connectivity index (χ0v) is 14.2. The summed E-state index contributed by atoms with van der Waals surface area (Å²) in [7, 11) is 0. The van der Waals surface area contributed by atoms with Gasteiger partial charge in [0.05, 0.1) is 6.61 Å². The molecule has 0 heterocycles. The maximum absolute atomic E-state index is 12.4. The second kappa shape index (κ2) is 10.2. The predicted octanol–water partition coefficient (Wildman–Crippen LogP) is -0.548. The number of carboxylic acids is 1. The first kappa shape index (κ1) is 21.3. The number of nitrogens with one attached hydrogen (secondary N) is 2. The Bertz CT molecular complexity index is 414. The molecular weight excluding hydrogens is 302 g/mol. The van der Waals surface area contributed by atoms with Crippen molar-refractivity contribution < 1.29 is 24.6 Å². The van der Waals surface area contributed by atoms with Crippen molar-refractivity contribution in [1.29, 1.82) is 0 Å². The van der Waals surface area contributed by atoms with Crippen molar-refractivity contribution in [1.82, 2.24) is 10.6 Å². The standard InChI is InChI=1S/C15H29N3O5/c1-5-9(4)12(18-13(20)10(16)7-19)14(21)17-11(15(22)23)6-8(2)3/h8-12,19H,5-7,16H2,1-4H3,(H,17,21)(H,18,20)(H,22,23). The summed E-state index contributed by atoms with van der Waals surface area (Å²) in [4.78, 5) is 35.5. The van der Waals surface area contributed by atoms with Crippen LogP contribution in [0.3, 0.4) is 0 Å². The number of rotatable bonds is 10. The fourth-order valence-corrected chi connectivity index (χ4v) is 2.00. The fraction of sp³-hybridized carbons (Fsp3) is 0.800. The molecule has 0 spiro atoms. The summed E-state index contributed by atoms with van der Waals surface area (Å²) in [6, 6.07) is -3.04.